The summed E-state index contributed by atoms with van der Waals surface area (Å²) in [6, 6.07) is 0.878. The summed E-state index contributed by atoms with van der Waals surface area (Å²) in [5, 5.41) is 5.76. The Morgan fingerprint density at radius 1 is 1.16 bits per heavy atom. The quantitative estimate of drug-likeness (QED) is 0.825. The summed E-state index contributed by atoms with van der Waals surface area (Å²) in [6.45, 7) is 3.08. The number of aromatic nitrogens is 1. The molecule has 1 aliphatic rings. The molecule has 0 bridgehead atoms. The highest BCUT2D eigenvalue weighted by Gasteiger charge is 2.15. The van der Waals surface area contributed by atoms with E-state index < -0.39 is 11.6 Å². The average Bonchev–Trinajstić information content (AvgIpc) is 2.88. The lowest BCUT2D eigenvalue weighted by atomic mass is 10.0. The number of hydrogen-bond donors (Lipinski definition) is 2. The van der Waals surface area contributed by atoms with Crippen LogP contribution < -0.4 is 10.6 Å². The molecule has 1 heterocycles. The molecule has 1 saturated carbocycles. The molecule has 5 heteroatoms. The Balaban J connectivity index is 1.92. The van der Waals surface area contributed by atoms with E-state index in [9.17, 15) is 8.78 Å². The Labute approximate surface area is 112 Å². The molecule has 0 aliphatic heterocycles. The molecule has 0 atom stereocenters. The second-order valence-electron chi connectivity index (χ2n) is 5.05. The van der Waals surface area contributed by atoms with Crippen molar-refractivity contribution in [1.29, 1.82) is 0 Å². The van der Waals surface area contributed by atoms with E-state index in [1.165, 1.54) is 25.7 Å². The van der Waals surface area contributed by atoms with Crippen LogP contribution in [0.5, 0.6) is 0 Å². The first-order valence-corrected chi connectivity index (χ1v) is 7.04. The standard InChI is InChI=1S/C14H21F2N3/c1-2-17-13-11(15)9-12(16)14(19-13)18-8-7-10-5-3-4-6-10/h9-10H,2-8H2,1H3,(H2,17,18,19). The fourth-order valence-corrected chi connectivity index (χ4v) is 2.58. The lowest BCUT2D eigenvalue weighted by Crippen LogP contribution is -2.11. The molecule has 1 aromatic heterocycles. The third kappa shape index (κ3) is 3.78. The second-order valence-corrected chi connectivity index (χ2v) is 5.05. The molecular weight excluding hydrogens is 248 g/mol. The molecule has 2 rings (SSSR count). The van der Waals surface area contributed by atoms with Gasteiger partial charge >= 0.3 is 0 Å². The lowest BCUT2D eigenvalue weighted by molar-refractivity contribution is 0.516. The van der Waals surface area contributed by atoms with Gasteiger partial charge in [0.2, 0.25) is 0 Å². The van der Waals surface area contributed by atoms with Gasteiger partial charge in [0.05, 0.1) is 0 Å². The molecule has 1 aromatic rings. The summed E-state index contributed by atoms with van der Waals surface area (Å²) < 4.78 is 27.0. The minimum absolute atomic E-state index is 0.104. The van der Waals surface area contributed by atoms with Crippen molar-refractivity contribution in [3.63, 3.8) is 0 Å². The molecule has 106 valence electrons. The third-order valence-electron chi connectivity index (χ3n) is 3.59. The molecule has 0 unspecified atom stereocenters. The zero-order chi connectivity index (χ0) is 13.7. The van der Waals surface area contributed by atoms with Crippen LogP contribution in [0, 0.1) is 17.6 Å². The SMILES string of the molecule is CCNc1nc(NCCC2CCCC2)c(F)cc1F. The summed E-state index contributed by atoms with van der Waals surface area (Å²) in [5.74, 6) is -0.307. The van der Waals surface area contributed by atoms with E-state index in [4.69, 9.17) is 0 Å². The number of nitrogens with one attached hydrogen (secondary N) is 2. The van der Waals surface area contributed by atoms with Gasteiger partial charge in [-0.15, -0.1) is 0 Å². The van der Waals surface area contributed by atoms with E-state index in [1.54, 1.807) is 0 Å². The fourth-order valence-electron chi connectivity index (χ4n) is 2.58. The van der Waals surface area contributed by atoms with Gasteiger partial charge in [0.15, 0.2) is 23.3 Å². The smallest absolute Gasteiger partial charge is 0.168 e. The largest absolute Gasteiger partial charge is 0.368 e. The number of hydrogen-bond acceptors (Lipinski definition) is 3. The molecule has 0 aromatic carbocycles. The van der Waals surface area contributed by atoms with Crippen LogP contribution in [-0.2, 0) is 0 Å². The summed E-state index contributed by atoms with van der Waals surface area (Å²) in [6.07, 6.45) is 6.17. The molecule has 0 saturated heterocycles. The van der Waals surface area contributed by atoms with Gasteiger partial charge < -0.3 is 10.6 Å². The summed E-state index contributed by atoms with van der Waals surface area (Å²) in [4.78, 5) is 3.95. The van der Waals surface area contributed by atoms with E-state index in [0.29, 0.717) is 13.1 Å². The van der Waals surface area contributed by atoms with Crippen LogP contribution >= 0.6 is 0 Å². The summed E-state index contributed by atoms with van der Waals surface area (Å²) in [5.41, 5.74) is 0. The van der Waals surface area contributed by atoms with Crippen LogP contribution in [0.1, 0.15) is 39.0 Å². The summed E-state index contributed by atoms with van der Waals surface area (Å²) >= 11 is 0. The average molecular weight is 269 g/mol. The first-order chi connectivity index (χ1) is 9.20. The Morgan fingerprint density at radius 3 is 2.42 bits per heavy atom. The van der Waals surface area contributed by atoms with Gasteiger partial charge in [-0.3, -0.25) is 0 Å². The summed E-state index contributed by atoms with van der Waals surface area (Å²) in [7, 11) is 0. The van der Waals surface area contributed by atoms with E-state index in [-0.39, 0.29) is 11.6 Å². The molecule has 1 aliphatic carbocycles. The third-order valence-corrected chi connectivity index (χ3v) is 3.59. The first-order valence-electron chi connectivity index (χ1n) is 7.04. The van der Waals surface area contributed by atoms with Gasteiger partial charge in [-0.1, -0.05) is 25.7 Å². The molecule has 0 radical (unpaired) electrons. The van der Waals surface area contributed by atoms with E-state index in [2.05, 4.69) is 15.6 Å². The van der Waals surface area contributed by atoms with Crippen molar-refractivity contribution < 1.29 is 8.78 Å². The molecule has 19 heavy (non-hydrogen) atoms. The normalized spacial score (nSPS) is 15.7. The van der Waals surface area contributed by atoms with Crippen molar-refractivity contribution in [2.45, 2.75) is 39.0 Å². The molecule has 3 nitrogen and oxygen atoms in total. The van der Waals surface area contributed by atoms with Crippen LogP contribution in [0.25, 0.3) is 0 Å². The number of anilines is 2. The molecule has 0 amide bonds. The van der Waals surface area contributed by atoms with Gasteiger partial charge in [-0.05, 0) is 19.3 Å². The maximum atomic E-state index is 13.6. The van der Waals surface area contributed by atoms with Crippen LogP contribution in [-0.4, -0.2) is 18.1 Å². The predicted molar refractivity (Wildman–Crippen MR) is 73.4 cm³/mol. The highest BCUT2D eigenvalue weighted by atomic mass is 19.1. The van der Waals surface area contributed by atoms with Crippen LogP contribution in [0.2, 0.25) is 0 Å². The predicted octanol–water partition coefficient (Wildman–Crippen LogP) is 3.78. The topological polar surface area (TPSA) is 37.0 Å². The van der Waals surface area contributed by atoms with Gasteiger partial charge in [0.1, 0.15) is 0 Å². The maximum Gasteiger partial charge on any atom is 0.168 e. The van der Waals surface area contributed by atoms with E-state index in [1.807, 2.05) is 6.92 Å². The Bertz CT molecular complexity index is 417. The Kier molecular flexibility index (Phi) is 4.93. The molecule has 1 fully saturated rings. The van der Waals surface area contributed by atoms with Crippen molar-refractivity contribution in [3.05, 3.63) is 17.7 Å². The van der Waals surface area contributed by atoms with Crippen molar-refractivity contribution in [2.24, 2.45) is 5.92 Å². The molecular formula is C14H21F2N3. The van der Waals surface area contributed by atoms with E-state index in [0.717, 1.165) is 18.4 Å². The second kappa shape index (κ2) is 6.68. The van der Waals surface area contributed by atoms with Gasteiger partial charge in [0.25, 0.3) is 0 Å². The first kappa shape index (κ1) is 14.0. The van der Waals surface area contributed by atoms with Gasteiger partial charge in [-0.2, -0.15) is 0 Å². The van der Waals surface area contributed by atoms with Crippen molar-refractivity contribution in [2.75, 3.05) is 23.7 Å². The van der Waals surface area contributed by atoms with E-state index >= 15 is 0 Å². The van der Waals surface area contributed by atoms with Gasteiger partial charge in [0, 0.05) is 19.2 Å². The van der Waals surface area contributed by atoms with Gasteiger partial charge in [-0.25, -0.2) is 13.8 Å². The number of rotatable bonds is 6. The molecule has 2 N–H and O–H groups in total. The Morgan fingerprint density at radius 2 is 1.79 bits per heavy atom. The number of halogens is 2. The highest BCUT2D eigenvalue weighted by molar-refractivity contribution is 5.47. The van der Waals surface area contributed by atoms with Crippen molar-refractivity contribution >= 4 is 11.6 Å². The van der Waals surface area contributed by atoms with Crippen molar-refractivity contribution in [1.82, 2.24) is 4.98 Å². The molecule has 0 spiro atoms. The number of pyridine rings is 1. The van der Waals surface area contributed by atoms with Crippen LogP contribution in [0.15, 0.2) is 6.07 Å². The Hall–Kier alpha value is -1.39. The monoisotopic (exact) mass is 269 g/mol. The lowest BCUT2D eigenvalue weighted by Gasteiger charge is -2.12. The zero-order valence-corrected chi connectivity index (χ0v) is 11.3. The number of nitrogens with zero attached hydrogens (tertiary/aromatic N) is 1. The van der Waals surface area contributed by atoms with Crippen molar-refractivity contribution in [3.8, 4) is 0 Å². The van der Waals surface area contributed by atoms with Crippen LogP contribution in [0.4, 0.5) is 20.4 Å². The minimum atomic E-state index is -0.652. The zero-order valence-electron chi connectivity index (χ0n) is 11.3. The maximum absolute atomic E-state index is 13.6. The fraction of sp³-hybridized carbons (Fsp3) is 0.643. The van der Waals surface area contributed by atoms with Crippen LogP contribution in [0.3, 0.4) is 0 Å². The highest BCUT2D eigenvalue weighted by Crippen LogP contribution is 2.27. The minimum Gasteiger partial charge on any atom is -0.368 e.